The van der Waals surface area contributed by atoms with Crippen molar-refractivity contribution in [2.45, 2.75) is 52.7 Å². The molecule has 100 valence electrons. The molecule has 0 aliphatic carbocycles. The topological polar surface area (TPSA) is 47.3 Å². The van der Waals surface area contributed by atoms with Gasteiger partial charge in [0.25, 0.3) is 0 Å². The third kappa shape index (κ3) is 5.84. The molecule has 1 rings (SSSR count). The Bertz CT molecular complexity index is 303. The van der Waals surface area contributed by atoms with Crippen LogP contribution in [-0.4, -0.2) is 34.7 Å². The van der Waals surface area contributed by atoms with Crippen LogP contribution >= 0.6 is 0 Å². The van der Waals surface area contributed by atoms with Gasteiger partial charge in [0.1, 0.15) is 0 Å². The number of hydrogen-bond acceptors (Lipinski definition) is 3. The highest BCUT2D eigenvalue weighted by Crippen LogP contribution is 2.20. The number of aliphatic hydroxyl groups is 1. The van der Waals surface area contributed by atoms with Gasteiger partial charge < -0.3 is 9.84 Å². The average molecular weight is 242 g/mol. The molecule has 0 amide bonds. The fourth-order valence-electron chi connectivity index (χ4n) is 1.31. The van der Waals surface area contributed by atoms with Gasteiger partial charge in [0.2, 0.25) is 0 Å². The Kier molecular flexibility index (Phi) is 7.07. The normalized spacial score (nSPS) is 12.9. The Morgan fingerprint density at radius 1 is 1.41 bits per heavy atom. The summed E-state index contributed by atoms with van der Waals surface area (Å²) in [6.45, 7) is 11.2. The minimum Gasteiger partial charge on any atom is -0.389 e. The van der Waals surface area contributed by atoms with E-state index >= 15 is 0 Å². The highest BCUT2D eigenvalue weighted by Gasteiger charge is 2.16. The van der Waals surface area contributed by atoms with Crippen molar-refractivity contribution in [2.24, 2.45) is 0 Å². The van der Waals surface area contributed by atoms with Gasteiger partial charge in [0.15, 0.2) is 0 Å². The maximum absolute atomic E-state index is 9.53. The standard InChI is InChI=1S/C11H20N2O2.C2H6/c1-11(2,3)9-5-12-13(6-9)7-10(14)8-15-4;1-2/h5-6,10,14H,7-8H2,1-4H3;1-2H3. The van der Waals surface area contributed by atoms with Crippen molar-refractivity contribution in [1.82, 2.24) is 9.78 Å². The maximum atomic E-state index is 9.53. The highest BCUT2D eigenvalue weighted by molar-refractivity contribution is 5.15. The van der Waals surface area contributed by atoms with Crippen molar-refractivity contribution in [3.8, 4) is 0 Å². The van der Waals surface area contributed by atoms with Gasteiger partial charge in [-0.3, -0.25) is 4.68 Å². The fraction of sp³-hybridized carbons (Fsp3) is 0.769. The Morgan fingerprint density at radius 3 is 2.41 bits per heavy atom. The molecule has 1 aromatic heterocycles. The smallest absolute Gasteiger partial charge is 0.0968 e. The molecule has 0 aromatic carbocycles. The molecule has 0 saturated heterocycles. The van der Waals surface area contributed by atoms with Gasteiger partial charge in [-0.1, -0.05) is 34.6 Å². The summed E-state index contributed by atoms with van der Waals surface area (Å²) in [6.07, 6.45) is 3.32. The molecule has 17 heavy (non-hydrogen) atoms. The Morgan fingerprint density at radius 2 is 2.00 bits per heavy atom. The second-order valence-corrected chi connectivity index (χ2v) is 4.81. The minimum atomic E-state index is -0.497. The lowest BCUT2D eigenvalue weighted by Gasteiger charge is -2.15. The molecule has 0 fully saturated rings. The van der Waals surface area contributed by atoms with E-state index in [9.17, 15) is 5.11 Å². The van der Waals surface area contributed by atoms with Crippen LogP contribution in [0.25, 0.3) is 0 Å². The first-order valence-electron chi connectivity index (χ1n) is 6.13. The fourth-order valence-corrected chi connectivity index (χ4v) is 1.31. The Balaban J connectivity index is 0.00000121. The van der Waals surface area contributed by atoms with E-state index in [1.54, 1.807) is 11.8 Å². The van der Waals surface area contributed by atoms with Crippen molar-refractivity contribution in [1.29, 1.82) is 0 Å². The molecular formula is C13H26N2O2. The summed E-state index contributed by atoms with van der Waals surface area (Å²) in [4.78, 5) is 0. The van der Waals surface area contributed by atoms with Crippen LogP contribution in [0.4, 0.5) is 0 Å². The largest absolute Gasteiger partial charge is 0.389 e. The Labute approximate surface area is 105 Å². The summed E-state index contributed by atoms with van der Waals surface area (Å²) >= 11 is 0. The third-order valence-electron chi connectivity index (χ3n) is 2.26. The van der Waals surface area contributed by atoms with Crippen LogP contribution < -0.4 is 0 Å². The molecule has 0 saturated carbocycles. The zero-order valence-electron chi connectivity index (χ0n) is 11.9. The summed E-state index contributed by atoms with van der Waals surface area (Å²) < 4.78 is 6.61. The number of methoxy groups -OCH3 is 1. The number of ether oxygens (including phenoxy) is 1. The lowest BCUT2D eigenvalue weighted by molar-refractivity contribution is 0.0514. The number of nitrogens with zero attached hydrogens (tertiary/aromatic N) is 2. The van der Waals surface area contributed by atoms with E-state index in [4.69, 9.17) is 4.74 Å². The van der Waals surface area contributed by atoms with Crippen molar-refractivity contribution >= 4 is 0 Å². The Hall–Kier alpha value is -0.870. The molecule has 1 atom stereocenters. The molecule has 0 aliphatic heterocycles. The maximum Gasteiger partial charge on any atom is 0.0968 e. The SMILES string of the molecule is CC.COCC(O)Cn1cc(C(C)(C)C)cn1. The van der Waals surface area contributed by atoms with Gasteiger partial charge in [0.05, 0.1) is 25.5 Å². The van der Waals surface area contributed by atoms with E-state index in [0.29, 0.717) is 13.2 Å². The van der Waals surface area contributed by atoms with E-state index < -0.39 is 6.10 Å². The van der Waals surface area contributed by atoms with Crippen LogP contribution in [0.15, 0.2) is 12.4 Å². The number of aliphatic hydroxyl groups excluding tert-OH is 1. The van der Waals surface area contributed by atoms with Crippen molar-refractivity contribution in [3.05, 3.63) is 18.0 Å². The molecule has 1 aromatic rings. The molecule has 4 heteroatoms. The van der Waals surface area contributed by atoms with E-state index in [0.717, 1.165) is 0 Å². The molecule has 1 unspecified atom stereocenters. The number of aromatic nitrogens is 2. The number of rotatable bonds is 4. The van der Waals surface area contributed by atoms with Crippen LogP contribution in [0.1, 0.15) is 40.2 Å². The highest BCUT2D eigenvalue weighted by atomic mass is 16.5. The minimum absolute atomic E-state index is 0.102. The second-order valence-electron chi connectivity index (χ2n) is 4.81. The van der Waals surface area contributed by atoms with Gasteiger partial charge in [-0.2, -0.15) is 5.10 Å². The van der Waals surface area contributed by atoms with Crippen LogP contribution in [0, 0.1) is 0 Å². The number of hydrogen-bond donors (Lipinski definition) is 1. The first-order valence-corrected chi connectivity index (χ1v) is 6.13. The quantitative estimate of drug-likeness (QED) is 0.880. The molecule has 0 bridgehead atoms. The summed E-state index contributed by atoms with van der Waals surface area (Å²) in [6, 6.07) is 0. The lowest BCUT2D eigenvalue weighted by atomic mass is 9.90. The monoisotopic (exact) mass is 242 g/mol. The molecule has 0 aliphatic rings. The van der Waals surface area contributed by atoms with Gasteiger partial charge in [-0.05, 0) is 11.0 Å². The summed E-state index contributed by atoms with van der Waals surface area (Å²) in [5.74, 6) is 0. The summed E-state index contributed by atoms with van der Waals surface area (Å²) in [5.41, 5.74) is 1.27. The average Bonchev–Trinajstić information content (AvgIpc) is 2.69. The van der Waals surface area contributed by atoms with Gasteiger partial charge >= 0.3 is 0 Å². The third-order valence-corrected chi connectivity index (χ3v) is 2.26. The van der Waals surface area contributed by atoms with E-state index in [1.165, 1.54) is 5.56 Å². The van der Waals surface area contributed by atoms with Crippen molar-refractivity contribution < 1.29 is 9.84 Å². The van der Waals surface area contributed by atoms with Crippen LogP contribution in [0.5, 0.6) is 0 Å². The van der Waals surface area contributed by atoms with E-state index in [-0.39, 0.29) is 5.41 Å². The molecule has 1 heterocycles. The van der Waals surface area contributed by atoms with Crippen molar-refractivity contribution in [3.63, 3.8) is 0 Å². The molecule has 1 N–H and O–H groups in total. The van der Waals surface area contributed by atoms with E-state index in [2.05, 4.69) is 25.9 Å². The van der Waals surface area contributed by atoms with Crippen molar-refractivity contribution in [2.75, 3.05) is 13.7 Å². The molecule has 0 radical (unpaired) electrons. The first-order chi connectivity index (χ1) is 7.93. The van der Waals surface area contributed by atoms with Crippen LogP contribution in [0.2, 0.25) is 0 Å². The van der Waals surface area contributed by atoms with Crippen LogP contribution in [-0.2, 0) is 16.7 Å². The first kappa shape index (κ1) is 16.1. The molecule has 0 spiro atoms. The zero-order chi connectivity index (χ0) is 13.5. The van der Waals surface area contributed by atoms with Gasteiger partial charge in [-0.15, -0.1) is 0 Å². The van der Waals surface area contributed by atoms with E-state index in [1.807, 2.05) is 26.2 Å². The molecular weight excluding hydrogens is 216 g/mol. The predicted molar refractivity (Wildman–Crippen MR) is 70.2 cm³/mol. The summed E-state index contributed by atoms with van der Waals surface area (Å²) in [5, 5.41) is 13.7. The lowest BCUT2D eigenvalue weighted by Crippen LogP contribution is -2.21. The predicted octanol–water partition coefficient (Wildman–Crippen LogP) is 2.21. The summed E-state index contributed by atoms with van der Waals surface area (Å²) in [7, 11) is 1.58. The zero-order valence-corrected chi connectivity index (χ0v) is 11.9. The molecule has 4 nitrogen and oxygen atoms in total. The van der Waals surface area contributed by atoms with Gasteiger partial charge in [0, 0.05) is 13.3 Å². The van der Waals surface area contributed by atoms with Gasteiger partial charge in [-0.25, -0.2) is 0 Å². The van der Waals surface area contributed by atoms with Crippen LogP contribution in [0.3, 0.4) is 0 Å². The second kappa shape index (κ2) is 7.45.